The fraction of sp³-hybridized carbons (Fsp3) is 0.278. The van der Waals surface area contributed by atoms with Gasteiger partial charge in [-0.2, -0.15) is 0 Å². The van der Waals surface area contributed by atoms with Gasteiger partial charge in [0.1, 0.15) is 5.75 Å². The summed E-state index contributed by atoms with van der Waals surface area (Å²) in [6.45, 7) is 2.08. The number of amides is 1. The summed E-state index contributed by atoms with van der Waals surface area (Å²) in [5.74, 6) is 0.509. The molecule has 138 valence electrons. The Hall–Kier alpha value is -2.03. The van der Waals surface area contributed by atoms with Crippen LogP contribution in [-0.2, 0) is 21.4 Å². The number of carbonyl (C=O) groups is 1. The second kappa shape index (κ2) is 7.69. The van der Waals surface area contributed by atoms with Crippen LogP contribution in [0.25, 0.3) is 0 Å². The number of hydrogen-bond donors (Lipinski definition) is 2. The summed E-state index contributed by atoms with van der Waals surface area (Å²) in [5, 5.41) is 2.93. The molecule has 1 aliphatic rings. The summed E-state index contributed by atoms with van der Waals surface area (Å²) >= 11 is 1.56. The van der Waals surface area contributed by atoms with Gasteiger partial charge in [0.25, 0.3) is 0 Å². The van der Waals surface area contributed by atoms with Gasteiger partial charge in [0.15, 0.2) is 0 Å². The van der Waals surface area contributed by atoms with Gasteiger partial charge in [-0.15, -0.1) is 11.8 Å². The number of anilines is 1. The lowest BCUT2D eigenvalue weighted by molar-refractivity contribution is -0.116. The first kappa shape index (κ1) is 18.8. The topological polar surface area (TPSA) is 84.5 Å². The van der Waals surface area contributed by atoms with E-state index in [4.69, 9.17) is 4.74 Å². The van der Waals surface area contributed by atoms with Gasteiger partial charge in [-0.25, -0.2) is 13.1 Å². The predicted molar refractivity (Wildman–Crippen MR) is 102 cm³/mol. The van der Waals surface area contributed by atoms with Gasteiger partial charge in [-0.1, -0.05) is 25.1 Å². The molecule has 1 aliphatic heterocycles. The van der Waals surface area contributed by atoms with Crippen LogP contribution in [0.5, 0.6) is 5.75 Å². The average molecular weight is 393 g/mol. The van der Waals surface area contributed by atoms with Crippen molar-refractivity contribution in [3.05, 3.63) is 48.0 Å². The molecule has 6 nitrogen and oxygen atoms in total. The van der Waals surface area contributed by atoms with Crippen molar-refractivity contribution in [2.45, 2.75) is 34.9 Å². The second-order valence-corrected chi connectivity index (χ2v) is 9.22. The first-order chi connectivity index (χ1) is 12.4. The van der Waals surface area contributed by atoms with Gasteiger partial charge in [0.2, 0.25) is 15.9 Å². The number of ether oxygens (including phenoxy) is 1. The van der Waals surface area contributed by atoms with Gasteiger partial charge < -0.3 is 10.1 Å². The first-order valence-corrected chi connectivity index (χ1v) is 10.5. The quantitative estimate of drug-likeness (QED) is 0.817. The van der Waals surface area contributed by atoms with E-state index in [-0.39, 0.29) is 22.6 Å². The third-order valence-corrected chi connectivity index (χ3v) is 6.56. The fourth-order valence-electron chi connectivity index (χ4n) is 2.70. The van der Waals surface area contributed by atoms with E-state index in [2.05, 4.69) is 10.0 Å². The van der Waals surface area contributed by atoms with Crippen molar-refractivity contribution in [3.63, 3.8) is 0 Å². The van der Waals surface area contributed by atoms with Gasteiger partial charge in [0, 0.05) is 28.7 Å². The van der Waals surface area contributed by atoms with Gasteiger partial charge in [0.05, 0.1) is 17.7 Å². The van der Waals surface area contributed by atoms with Crippen LogP contribution < -0.4 is 14.8 Å². The predicted octanol–water partition coefficient (Wildman–Crippen LogP) is 3.00. The number of nitrogens with one attached hydrogen (secondary N) is 2. The normalized spacial score (nSPS) is 17.2. The van der Waals surface area contributed by atoms with Crippen molar-refractivity contribution in [2.24, 2.45) is 0 Å². The minimum absolute atomic E-state index is 0.111. The van der Waals surface area contributed by atoms with Crippen molar-refractivity contribution in [3.8, 4) is 5.75 Å². The molecule has 1 amide bonds. The molecule has 0 unspecified atom stereocenters. The molecule has 0 bridgehead atoms. The lowest BCUT2D eigenvalue weighted by Crippen LogP contribution is -2.23. The molecule has 8 heteroatoms. The SMILES string of the molecule is COc1ccccc1CNS(=O)(=O)c1ccc2c(c1)NC(=O)C[C@@H](C)S2. The Bertz CT molecular complexity index is 929. The van der Waals surface area contributed by atoms with E-state index in [0.29, 0.717) is 17.9 Å². The Morgan fingerprint density at radius 3 is 2.81 bits per heavy atom. The van der Waals surface area contributed by atoms with Crippen LogP contribution in [0.15, 0.2) is 52.3 Å². The molecule has 0 aromatic heterocycles. The third-order valence-electron chi connectivity index (χ3n) is 3.98. The standard InChI is InChI=1S/C18H20N2O4S2/c1-12-9-18(21)20-15-10-14(7-8-17(15)25-12)26(22,23)19-11-13-5-3-4-6-16(13)24-2/h3-8,10,12,19H,9,11H2,1-2H3,(H,20,21)/t12-/m1/s1. The highest BCUT2D eigenvalue weighted by Gasteiger charge is 2.22. The lowest BCUT2D eigenvalue weighted by atomic mass is 10.2. The highest BCUT2D eigenvalue weighted by molar-refractivity contribution is 8.00. The summed E-state index contributed by atoms with van der Waals surface area (Å²) in [4.78, 5) is 12.9. The number of sulfonamides is 1. The first-order valence-electron chi connectivity index (χ1n) is 8.11. The molecule has 0 radical (unpaired) electrons. The fourth-order valence-corrected chi connectivity index (χ4v) is 4.79. The Morgan fingerprint density at radius 1 is 1.27 bits per heavy atom. The smallest absolute Gasteiger partial charge is 0.240 e. The van der Waals surface area contributed by atoms with E-state index in [9.17, 15) is 13.2 Å². The maximum absolute atomic E-state index is 12.7. The van der Waals surface area contributed by atoms with Gasteiger partial charge in [-0.3, -0.25) is 4.79 Å². The molecule has 0 saturated heterocycles. The van der Waals surface area contributed by atoms with Gasteiger partial charge >= 0.3 is 0 Å². The third kappa shape index (κ3) is 4.20. The molecule has 0 aliphatic carbocycles. The number of para-hydroxylation sites is 1. The zero-order chi connectivity index (χ0) is 18.7. The molecule has 3 rings (SSSR count). The Kier molecular flexibility index (Phi) is 5.55. The number of rotatable bonds is 5. The van der Waals surface area contributed by atoms with Crippen LogP contribution in [0.1, 0.15) is 18.9 Å². The molecule has 0 saturated carbocycles. The van der Waals surface area contributed by atoms with Gasteiger partial charge in [-0.05, 0) is 24.3 Å². The molecule has 1 heterocycles. The van der Waals surface area contributed by atoms with Crippen LogP contribution in [0.4, 0.5) is 5.69 Å². The number of hydrogen-bond acceptors (Lipinski definition) is 5. The maximum atomic E-state index is 12.7. The number of thioether (sulfide) groups is 1. The van der Waals surface area contributed by atoms with Crippen molar-refractivity contribution in [1.29, 1.82) is 0 Å². The minimum atomic E-state index is -3.73. The van der Waals surface area contributed by atoms with E-state index in [1.807, 2.05) is 19.1 Å². The number of benzene rings is 2. The summed E-state index contributed by atoms with van der Waals surface area (Å²) in [6.07, 6.45) is 0.396. The zero-order valence-corrected chi connectivity index (χ0v) is 16.1. The molecule has 0 spiro atoms. The van der Waals surface area contributed by atoms with Crippen LogP contribution in [0.2, 0.25) is 0 Å². The van der Waals surface area contributed by atoms with E-state index in [1.165, 1.54) is 6.07 Å². The Labute approximate surface area is 157 Å². The minimum Gasteiger partial charge on any atom is -0.496 e. The largest absolute Gasteiger partial charge is 0.496 e. The van der Waals surface area contributed by atoms with Crippen LogP contribution >= 0.6 is 11.8 Å². The molecular formula is C18H20N2O4S2. The molecule has 0 fully saturated rings. The molecule has 2 aromatic rings. The average Bonchev–Trinajstić information content (AvgIpc) is 2.75. The number of carbonyl (C=O) groups excluding carboxylic acids is 1. The van der Waals surface area contributed by atoms with E-state index >= 15 is 0 Å². The maximum Gasteiger partial charge on any atom is 0.240 e. The van der Waals surface area contributed by atoms with Crippen molar-refractivity contribution < 1.29 is 17.9 Å². The van der Waals surface area contributed by atoms with Crippen LogP contribution in [0.3, 0.4) is 0 Å². The number of fused-ring (bicyclic) bond motifs is 1. The van der Waals surface area contributed by atoms with Crippen LogP contribution in [-0.4, -0.2) is 26.7 Å². The van der Waals surface area contributed by atoms with Crippen LogP contribution in [0, 0.1) is 0 Å². The van der Waals surface area contributed by atoms with Crippen molar-refractivity contribution in [2.75, 3.05) is 12.4 Å². The van der Waals surface area contributed by atoms with E-state index < -0.39 is 10.0 Å². The monoisotopic (exact) mass is 392 g/mol. The summed E-state index contributed by atoms with van der Waals surface area (Å²) < 4.78 is 33.1. The van der Waals surface area contributed by atoms with E-state index in [1.54, 1.807) is 43.1 Å². The zero-order valence-electron chi connectivity index (χ0n) is 14.5. The Morgan fingerprint density at radius 2 is 2.04 bits per heavy atom. The molecule has 1 atom stereocenters. The highest BCUT2D eigenvalue weighted by atomic mass is 32.2. The lowest BCUT2D eigenvalue weighted by Gasteiger charge is -2.12. The molecule has 2 N–H and O–H groups in total. The molecule has 2 aromatic carbocycles. The highest BCUT2D eigenvalue weighted by Crippen LogP contribution is 2.36. The summed E-state index contributed by atoms with van der Waals surface area (Å²) in [6, 6.07) is 12.0. The molecular weight excluding hydrogens is 372 g/mol. The van der Waals surface area contributed by atoms with Crippen molar-refractivity contribution >= 4 is 33.4 Å². The van der Waals surface area contributed by atoms with Crippen molar-refractivity contribution in [1.82, 2.24) is 4.72 Å². The summed E-state index contributed by atoms with van der Waals surface area (Å²) in [7, 11) is -2.18. The van der Waals surface area contributed by atoms with E-state index in [0.717, 1.165) is 10.5 Å². The number of methoxy groups -OCH3 is 1. The summed E-state index contributed by atoms with van der Waals surface area (Å²) in [5.41, 5.74) is 1.27. The Balaban J connectivity index is 1.83. The molecule has 26 heavy (non-hydrogen) atoms. The second-order valence-electron chi connectivity index (χ2n) is 5.98.